The predicted octanol–water partition coefficient (Wildman–Crippen LogP) is 0.779. The van der Waals surface area contributed by atoms with E-state index in [0.29, 0.717) is 16.5 Å². The molecule has 1 aromatic carbocycles. The van der Waals surface area contributed by atoms with Crippen LogP contribution in [0.1, 0.15) is 19.5 Å². The molecule has 0 aliphatic heterocycles. The summed E-state index contributed by atoms with van der Waals surface area (Å²) in [5.74, 6) is -0.960. The van der Waals surface area contributed by atoms with Crippen molar-refractivity contribution in [3.05, 3.63) is 40.3 Å². The van der Waals surface area contributed by atoms with Crippen LogP contribution in [0.25, 0.3) is 10.8 Å². The third-order valence-electron chi connectivity index (χ3n) is 3.54. The lowest BCUT2D eigenvalue weighted by molar-refractivity contribution is -0.146. The van der Waals surface area contributed by atoms with Crippen molar-refractivity contribution in [1.82, 2.24) is 15.5 Å². The summed E-state index contributed by atoms with van der Waals surface area (Å²) in [6.45, 7) is 3.63. The van der Waals surface area contributed by atoms with Gasteiger partial charge >= 0.3 is 5.97 Å². The van der Waals surface area contributed by atoms with E-state index in [1.54, 1.807) is 24.3 Å². The number of carbonyl (C=O) groups is 2. The fourth-order valence-corrected chi connectivity index (χ4v) is 2.31. The Labute approximate surface area is 133 Å². The second-order valence-corrected chi connectivity index (χ2v) is 5.53. The van der Waals surface area contributed by atoms with Crippen molar-refractivity contribution < 1.29 is 14.3 Å². The van der Waals surface area contributed by atoms with Gasteiger partial charge in [0.1, 0.15) is 6.04 Å². The number of esters is 1. The van der Waals surface area contributed by atoms with Gasteiger partial charge in [-0.1, -0.05) is 32.0 Å². The van der Waals surface area contributed by atoms with Crippen LogP contribution >= 0.6 is 0 Å². The minimum atomic E-state index is -0.721. The molecular formula is C16H19N3O4. The largest absolute Gasteiger partial charge is 0.467 e. The molecule has 7 heteroatoms. The highest BCUT2D eigenvalue weighted by Gasteiger charge is 2.25. The van der Waals surface area contributed by atoms with Gasteiger partial charge in [-0.15, -0.1) is 0 Å². The molecular weight excluding hydrogens is 298 g/mol. The molecule has 2 rings (SSSR count). The van der Waals surface area contributed by atoms with Gasteiger partial charge in [-0.2, -0.15) is 5.10 Å². The van der Waals surface area contributed by atoms with Crippen LogP contribution in [0.15, 0.2) is 29.1 Å². The van der Waals surface area contributed by atoms with Gasteiger partial charge < -0.3 is 10.1 Å². The summed E-state index contributed by atoms with van der Waals surface area (Å²) in [5.41, 5.74) is 0.143. The maximum atomic E-state index is 12.2. The van der Waals surface area contributed by atoms with Gasteiger partial charge in [0.2, 0.25) is 5.91 Å². The van der Waals surface area contributed by atoms with Gasteiger partial charge in [0, 0.05) is 5.39 Å². The first-order chi connectivity index (χ1) is 10.9. The summed E-state index contributed by atoms with van der Waals surface area (Å²) in [4.78, 5) is 35.7. The van der Waals surface area contributed by atoms with Crippen molar-refractivity contribution in [3.63, 3.8) is 0 Å². The first kappa shape index (κ1) is 16.7. The summed E-state index contributed by atoms with van der Waals surface area (Å²) in [6.07, 6.45) is -0.0441. The van der Waals surface area contributed by atoms with Gasteiger partial charge in [0.05, 0.1) is 24.6 Å². The van der Waals surface area contributed by atoms with Crippen LogP contribution in [0.2, 0.25) is 0 Å². The van der Waals surface area contributed by atoms with Crippen LogP contribution < -0.4 is 10.9 Å². The van der Waals surface area contributed by atoms with E-state index in [4.69, 9.17) is 4.74 Å². The third-order valence-corrected chi connectivity index (χ3v) is 3.54. The molecule has 1 heterocycles. The number of hydrogen-bond donors (Lipinski definition) is 2. The van der Waals surface area contributed by atoms with Crippen molar-refractivity contribution in [2.24, 2.45) is 5.92 Å². The highest BCUT2D eigenvalue weighted by Crippen LogP contribution is 2.13. The standard InChI is InChI=1S/C16H19N3O4/c1-9(2)14(16(22)23-3)17-13(20)8-12-10-6-4-5-7-11(10)15(21)19-18-12/h4-7,9,14H,8H2,1-3H3,(H,17,20)(H,19,21). The Morgan fingerprint density at radius 3 is 2.52 bits per heavy atom. The highest BCUT2D eigenvalue weighted by molar-refractivity contribution is 5.90. The fraction of sp³-hybridized carbons (Fsp3) is 0.375. The van der Waals surface area contributed by atoms with Gasteiger partial charge in [0.25, 0.3) is 5.56 Å². The van der Waals surface area contributed by atoms with E-state index in [0.717, 1.165) is 0 Å². The van der Waals surface area contributed by atoms with Gasteiger partial charge in [0.15, 0.2) is 0 Å². The number of ether oxygens (including phenoxy) is 1. The number of H-pyrrole nitrogens is 1. The van der Waals surface area contributed by atoms with E-state index >= 15 is 0 Å². The van der Waals surface area contributed by atoms with E-state index in [-0.39, 0.29) is 23.8 Å². The number of fused-ring (bicyclic) bond motifs is 1. The van der Waals surface area contributed by atoms with E-state index in [9.17, 15) is 14.4 Å². The second-order valence-electron chi connectivity index (χ2n) is 5.53. The molecule has 1 amide bonds. The number of carbonyl (C=O) groups excluding carboxylic acids is 2. The molecule has 0 saturated carbocycles. The average molecular weight is 317 g/mol. The summed E-state index contributed by atoms with van der Waals surface area (Å²) in [5, 5.41) is 10.1. The number of amides is 1. The molecule has 7 nitrogen and oxygen atoms in total. The summed E-state index contributed by atoms with van der Waals surface area (Å²) in [7, 11) is 1.28. The highest BCUT2D eigenvalue weighted by atomic mass is 16.5. The number of aromatic amines is 1. The van der Waals surface area contributed by atoms with Crippen molar-refractivity contribution in [2.75, 3.05) is 7.11 Å². The number of hydrogen-bond acceptors (Lipinski definition) is 5. The number of nitrogens with zero attached hydrogens (tertiary/aromatic N) is 1. The van der Waals surface area contributed by atoms with Crippen LogP contribution in [-0.4, -0.2) is 35.2 Å². The monoisotopic (exact) mass is 317 g/mol. The fourth-order valence-electron chi connectivity index (χ4n) is 2.31. The molecule has 1 unspecified atom stereocenters. The van der Waals surface area contributed by atoms with Crippen LogP contribution in [0.5, 0.6) is 0 Å². The number of benzene rings is 1. The number of methoxy groups -OCH3 is 1. The molecule has 0 spiro atoms. The predicted molar refractivity (Wildman–Crippen MR) is 84.9 cm³/mol. The van der Waals surface area contributed by atoms with E-state index in [1.807, 2.05) is 13.8 Å². The second kappa shape index (κ2) is 7.04. The molecule has 122 valence electrons. The Morgan fingerprint density at radius 2 is 1.91 bits per heavy atom. The number of aromatic nitrogens is 2. The van der Waals surface area contributed by atoms with Gasteiger partial charge in [-0.05, 0) is 12.0 Å². The van der Waals surface area contributed by atoms with E-state index in [2.05, 4.69) is 15.5 Å². The van der Waals surface area contributed by atoms with Crippen LogP contribution in [-0.2, 0) is 20.7 Å². The first-order valence-electron chi connectivity index (χ1n) is 7.27. The lowest BCUT2D eigenvalue weighted by Gasteiger charge is -2.19. The third kappa shape index (κ3) is 3.74. The Hall–Kier alpha value is -2.70. The molecule has 0 saturated heterocycles. The number of nitrogens with one attached hydrogen (secondary N) is 2. The average Bonchev–Trinajstić information content (AvgIpc) is 2.54. The molecule has 2 aromatic rings. The maximum absolute atomic E-state index is 12.2. The van der Waals surface area contributed by atoms with Gasteiger partial charge in [-0.3, -0.25) is 9.59 Å². The molecule has 0 bridgehead atoms. The molecule has 0 fully saturated rings. The van der Waals surface area contributed by atoms with Gasteiger partial charge in [-0.25, -0.2) is 9.89 Å². The van der Waals surface area contributed by atoms with Crippen molar-refractivity contribution in [2.45, 2.75) is 26.3 Å². The quantitative estimate of drug-likeness (QED) is 0.794. The minimum Gasteiger partial charge on any atom is -0.467 e. The van der Waals surface area contributed by atoms with Crippen molar-refractivity contribution in [3.8, 4) is 0 Å². The first-order valence-corrected chi connectivity index (χ1v) is 7.27. The van der Waals surface area contributed by atoms with E-state index < -0.39 is 12.0 Å². The summed E-state index contributed by atoms with van der Waals surface area (Å²) < 4.78 is 4.69. The number of rotatable bonds is 5. The molecule has 1 atom stereocenters. The molecule has 0 aliphatic rings. The van der Waals surface area contributed by atoms with E-state index in [1.165, 1.54) is 7.11 Å². The van der Waals surface area contributed by atoms with Crippen LogP contribution in [0, 0.1) is 5.92 Å². The minimum absolute atomic E-state index is 0.0441. The molecule has 1 aromatic heterocycles. The zero-order valence-corrected chi connectivity index (χ0v) is 13.3. The maximum Gasteiger partial charge on any atom is 0.328 e. The van der Waals surface area contributed by atoms with Crippen molar-refractivity contribution >= 4 is 22.6 Å². The molecule has 0 radical (unpaired) electrons. The summed E-state index contributed by atoms with van der Waals surface area (Å²) >= 11 is 0. The Bertz CT molecular complexity index is 782. The molecule has 2 N–H and O–H groups in total. The smallest absolute Gasteiger partial charge is 0.328 e. The topological polar surface area (TPSA) is 101 Å². The lowest BCUT2D eigenvalue weighted by atomic mass is 10.0. The zero-order chi connectivity index (χ0) is 17.0. The SMILES string of the molecule is COC(=O)C(NC(=O)Cc1n[nH]c(=O)c2ccccc12)C(C)C. The Balaban J connectivity index is 2.22. The van der Waals surface area contributed by atoms with Crippen LogP contribution in [0.3, 0.4) is 0 Å². The Kier molecular flexibility index (Phi) is 5.10. The summed E-state index contributed by atoms with van der Waals surface area (Å²) in [6, 6.07) is 6.20. The van der Waals surface area contributed by atoms with Crippen molar-refractivity contribution in [1.29, 1.82) is 0 Å². The molecule has 0 aliphatic carbocycles. The zero-order valence-electron chi connectivity index (χ0n) is 13.3. The molecule has 23 heavy (non-hydrogen) atoms. The lowest BCUT2D eigenvalue weighted by Crippen LogP contribution is -2.45. The normalized spacial score (nSPS) is 12.2. The Morgan fingerprint density at radius 1 is 1.26 bits per heavy atom. The van der Waals surface area contributed by atoms with Crippen LogP contribution in [0.4, 0.5) is 0 Å².